The Hall–Kier alpha value is -2.21. The van der Waals surface area contributed by atoms with Gasteiger partial charge in [0.2, 0.25) is 11.6 Å². The number of fused-ring (bicyclic) bond motifs is 1. The molecule has 1 aromatic carbocycles. The maximum Gasteiger partial charge on any atom is 0.415 e. The molecule has 1 amide bonds. The lowest BCUT2D eigenvalue weighted by molar-refractivity contribution is -0.117. The van der Waals surface area contributed by atoms with Crippen molar-refractivity contribution in [2.24, 2.45) is 5.41 Å². The first-order valence-corrected chi connectivity index (χ1v) is 10.5. The van der Waals surface area contributed by atoms with Crippen LogP contribution in [0.15, 0.2) is 18.2 Å². The normalized spacial score (nSPS) is 23.4. The predicted octanol–water partition coefficient (Wildman–Crippen LogP) is 3.89. The predicted molar refractivity (Wildman–Crippen MR) is 112 cm³/mol. The van der Waals surface area contributed by atoms with E-state index in [9.17, 15) is 14.4 Å². The first-order chi connectivity index (χ1) is 13.7. The molecule has 6 nitrogen and oxygen atoms in total. The van der Waals surface area contributed by atoms with Crippen molar-refractivity contribution < 1.29 is 19.1 Å². The van der Waals surface area contributed by atoms with Crippen molar-refractivity contribution in [1.29, 1.82) is 0 Å². The van der Waals surface area contributed by atoms with Gasteiger partial charge in [-0.2, -0.15) is 0 Å². The molecule has 0 saturated carbocycles. The Balaban J connectivity index is 1.84. The first kappa shape index (κ1) is 21.5. The van der Waals surface area contributed by atoms with Crippen molar-refractivity contribution >= 4 is 17.7 Å². The van der Waals surface area contributed by atoms with E-state index in [0.717, 1.165) is 37.9 Å². The fourth-order valence-electron chi connectivity index (χ4n) is 4.18. The van der Waals surface area contributed by atoms with E-state index < -0.39 is 11.9 Å². The quantitative estimate of drug-likeness (QED) is 0.669. The molecule has 0 aromatic heterocycles. The van der Waals surface area contributed by atoms with Crippen LogP contribution in [0, 0.1) is 5.41 Å². The topological polar surface area (TPSA) is 66.9 Å². The number of hydrogen-bond donors (Lipinski definition) is 0. The number of ketones is 2. The fraction of sp³-hybridized carbons (Fsp3) is 0.609. The monoisotopic (exact) mass is 400 g/mol. The Bertz CT molecular complexity index is 794. The summed E-state index contributed by atoms with van der Waals surface area (Å²) in [5, 5.41) is 0. The standard InChI is InChI=1S/C23H32N2O4/c1-16-6-5-9-23(2,3)15-20(26)21(27)19-14-17(7-8-18(16)19)29-22(28)25-12-10-24(4)11-13-25/h7-8,14,16H,5-6,9-13,15H2,1-4H3. The highest BCUT2D eigenvalue weighted by Gasteiger charge is 2.31. The average molecular weight is 401 g/mol. The molecule has 0 spiro atoms. The second-order valence-corrected chi connectivity index (χ2v) is 9.29. The molecule has 1 unspecified atom stereocenters. The van der Waals surface area contributed by atoms with Gasteiger partial charge in [0.05, 0.1) is 0 Å². The highest BCUT2D eigenvalue weighted by molar-refractivity contribution is 6.44. The van der Waals surface area contributed by atoms with Crippen LogP contribution in [-0.4, -0.2) is 60.7 Å². The van der Waals surface area contributed by atoms with Gasteiger partial charge in [0, 0.05) is 38.2 Å². The van der Waals surface area contributed by atoms with Gasteiger partial charge >= 0.3 is 6.09 Å². The summed E-state index contributed by atoms with van der Waals surface area (Å²) in [5.74, 6) is -0.359. The number of rotatable bonds is 1. The molecule has 6 heteroatoms. The van der Waals surface area contributed by atoms with Crippen molar-refractivity contribution in [3.8, 4) is 5.75 Å². The van der Waals surface area contributed by atoms with E-state index in [-0.39, 0.29) is 23.5 Å². The molecule has 0 radical (unpaired) electrons. The van der Waals surface area contributed by atoms with Crippen molar-refractivity contribution in [1.82, 2.24) is 9.80 Å². The van der Waals surface area contributed by atoms with E-state index in [1.54, 1.807) is 17.0 Å². The van der Waals surface area contributed by atoms with Gasteiger partial charge in [-0.3, -0.25) is 9.59 Å². The third-order valence-electron chi connectivity index (χ3n) is 6.15. The minimum absolute atomic E-state index is 0.165. The van der Waals surface area contributed by atoms with Gasteiger partial charge < -0.3 is 14.5 Å². The maximum atomic E-state index is 13.0. The van der Waals surface area contributed by atoms with Crippen LogP contribution in [0.2, 0.25) is 0 Å². The third-order valence-corrected chi connectivity index (χ3v) is 6.15. The average Bonchev–Trinajstić information content (AvgIpc) is 2.66. The number of benzene rings is 1. The van der Waals surface area contributed by atoms with Gasteiger partial charge in [-0.15, -0.1) is 0 Å². The SMILES string of the molecule is CC1CCCC(C)(C)CC(=O)C(=O)c2cc(OC(=O)N3CCN(C)CC3)ccc21. The molecule has 1 aromatic rings. The van der Waals surface area contributed by atoms with Crippen LogP contribution in [0.1, 0.15) is 68.3 Å². The number of carbonyl (C=O) groups excluding carboxylic acids is 3. The molecule has 1 aliphatic carbocycles. The molecule has 1 aliphatic heterocycles. The van der Waals surface area contributed by atoms with Crippen molar-refractivity contribution in [3.05, 3.63) is 29.3 Å². The minimum atomic E-state index is -0.473. The molecule has 1 atom stereocenters. The van der Waals surface area contributed by atoms with Crippen LogP contribution in [0.5, 0.6) is 5.75 Å². The van der Waals surface area contributed by atoms with Gasteiger partial charge in [0.15, 0.2) is 0 Å². The van der Waals surface area contributed by atoms with Crippen LogP contribution in [0.25, 0.3) is 0 Å². The zero-order valence-electron chi connectivity index (χ0n) is 18.0. The van der Waals surface area contributed by atoms with Gasteiger partial charge in [-0.1, -0.05) is 33.3 Å². The van der Waals surface area contributed by atoms with E-state index >= 15 is 0 Å². The molecule has 158 valence electrons. The number of amides is 1. The minimum Gasteiger partial charge on any atom is -0.410 e. The number of ether oxygens (including phenoxy) is 1. The zero-order chi connectivity index (χ0) is 21.2. The van der Waals surface area contributed by atoms with Crippen LogP contribution in [-0.2, 0) is 4.79 Å². The van der Waals surface area contributed by atoms with Crippen LogP contribution < -0.4 is 4.74 Å². The van der Waals surface area contributed by atoms with Crippen LogP contribution in [0.3, 0.4) is 0 Å². The van der Waals surface area contributed by atoms with Crippen molar-refractivity contribution in [2.45, 2.75) is 52.4 Å². The Labute approximate surface area is 173 Å². The van der Waals surface area contributed by atoms with E-state index in [2.05, 4.69) is 11.8 Å². The van der Waals surface area contributed by atoms with Gasteiger partial charge in [-0.05, 0) is 48.9 Å². The number of carbonyl (C=O) groups is 3. The number of nitrogens with zero attached hydrogens (tertiary/aromatic N) is 2. The van der Waals surface area contributed by atoms with Gasteiger partial charge in [0.1, 0.15) is 5.75 Å². The number of hydrogen-bond acceptors (Lipinski definition) is 5. The maximum absolute atomic E-state index is 13.0. The van der Waals surface area contributed by atoms with Gasteiger partial charge in [-0.25, -0.2) is 4.79 Å². The Kier molecular flexibility index (Phi) is 6.42. The summed E-state index contributed by atoms with van der Waals surface area (Å²) in [5.41, 5.74) is 1.06. The van der Waals surface area contributed by atoms with Gasteiger partial charge in [0.25, 0.3) is 0 Å². The molecule has 3 rings (SSSR count). The van der Waals surface area contributed by atoms with E-state index in [4.69, 9.17) is 4.74 Å². The summed E-state index contributed by atoms with van der Waals surface area (Å²) in [4.78, 5) is 41.9. The van der Waals surface area contributed by atoms with Crippen molar-refractivity contribution in [3.63, 3.8) is 0 Å². The number of Topliss-reactive ketones (excluding diaryl/α,β-unsaturated/α-hetero) is 2. The Morgan fingerprint density at radius 1 is 1.14 bits per heavy atom. The molecular weight excluding hydrogens is 368 g/mol. The van der Waals surface area contributed by atoms with E-state index in [0.29, 0.717) is 24.4 Å². The van der Waals surface area contributed by atoms with E-state index in [1.807, 2.05) is 27.0 Å². The molecule has 1 fully saturated rings. The molecule has 2 aliphatic rings. The van der Waals surface area contributed by atoms with E-state index in [1.165, 1.54) is 0 Å². The Morgan fingerprint density at radius 3 is 2.52 bits per heavy atom. The number of likely N-dealkylation sites (N-methyl/N-ethyl adjacent to an activating group) is 1. The highest BCUT2D eigenvalue weighted by Crippen LogP contribution is 2.35. The summed E-state index contributed by atoms with van der Waals surface area (Å²) in [6.45, 7) is 9.01. The molecule has 29 heavy (non-hydrogen) atoms. The van der Waals surface area contributed by atoms with Crippen LogP contribution in [0.4, 0.5) is 4.79 Å². The number of piperazine rings is 1. The smallest absolute Gasteiger partial charge is 0.410 e. The lowest BCUT2D eigenvalue weighted by Gasteiger charge is -2.31. The third kappa shape index (κ3) is 5.24. The summed E-state index contributed by atoms with van der Waals surface area (Å²) in [7, 11) is 2.02. The van der Waals surface area contributed by atoms with Crippen LogP contribution >= 0.6 is 0 Å². The molecule has 0 bridgehead atoms. The first-order valence-electron chi connectivity index (χ1n) is 10.5. The lowest BCUT2D eigenvalue weighted by Crippen LogP contribution is -2.48. The lowest BCUT2D eigenvalue weighted by atomic mass is 9.77. The summed E-state index contributed by atoms with van der Waals surface area (Å²) >= 11 is 0. The van der Waals surface area contributed by atoms with Crippen molar-refractivity contribution in [2.75, 3.05) is 33.2 Å². The molecule has 1 heterocycles. The summed E-state index contributed by atoms with van der Waals surface area (Å²) < 4.78 is 5.55. The molecule has 1 saturated heterocycles. The fourth-order valence-corrected chi connectivity index (χ4v) is 4.18. The largest absolute Gasteiger partial charge is 0.415 e. The second-order valence-electron chi connectivity index (χ2n) is 9.29. The second kappa shape index (κ2) is 8.66. The molecular formula is C23H32N2O4. The zero-order valence-corrected chi connectivity index (χ0v) is 18.0. The molecule has 0 N–H and O–H groups in total. The summed E-state index contributed by atoms with van der Waals surface area (Å²) in [6.07, 6.45) is 2.72. The Morgan fingerprint density at radius 2 is 1.83 bits per heavy atom. The highest BCUT2D eigenvalue weighted by atomic mass is 16.6. The summed E-state index contributed by atoms with van der Waals surface area (Å²) in [6, 6.07) is 5.15.